The number of halogens is 1. The summed E-state index contributed by atoms with van der Waals surface area (Å²) in [7, 11) is 0. The van der Waals surface area contributed by atoms with Gasteiger partial charge in [0.05, 0.1) is 6.54 Å². The first-order valence-electron chi connectivity index (χ1n) is 11.2. The summed E-state index contributed by atoms with van der Waals surface area (Å²) in [6, 6.07) is 12.5. The van der Waals surface area contributed by atoms with Gasteiger partial charge < -0.3 is 15.5 Å². The molecule has 1 saturated carbocycles. The summed E-state index contributed by atoms with van der Waals surface area (Å²) in [6.45, 7) is 1.84. The molecule has 2 heterocycles. The largest absolute Gasteiger partial charge is 0.454 e. The molecule has 5 rings (SSSR count). The van der Waals surface area contributed by atoms with E-state index in [1.807, 2.05) is 24.3 Å². The van der Waals surface area contributed by atoms with E-state index in [9.17, 15) is 9.18 Å². The van der Waals surface area contributed by atoms with Gasteiger partial charge in [-0.1, -0.05) is 37.5 Å². The number of anilines is 1. The Balaban J connectivity index is 1.29. The minimum Gasteiger partial charge on any atom is -0.454 e. The SMILES string of the molecule is Cc1nc(N)c2[nH]c(=O)n(Cc3ccc(Oc4ccc(CCC5CCC5)cc4)c(F)c3)c2n1. The van der Waals surface area contributed by atoms with Gasteiger partial charge in [0.15, 0.2) is 23.0 Å². The van der Waals surface area contributed by atoms with Crippen LogP contribution in [0.1, 0.15) is 42.6 Å². The second kappa shape index (κ2) is 8.69. The van der Waals surface area contributed by atoms with Crippen molar-refractivity contribution in [3.8, 4) is 11.5 Å². The highest BCUT2D eigenvalue weighted by atomic mass is 19.1. The average Bonchev–Trinajstić information content (AvgIpc) is 3.06. The minimum atomic E-state index is -0.500. The summed E-state index contributed by atoms with van der Waals surface area (Å²) in [5.41, 5.74) is 8.15. The van der Waals surface area contributed by atoms with Gasteiger partial charge in [0.25, 0.3) is 0 Å². The van der Waals surface area contributed by atoms with Gasteiger partial charge in [0, 0.05) is 0 Å². The number of nitrogens with one attached hydrogen (secondary N) is 1. The maximum atomic E-state index is 14.8. The molecule has 0 aliphatic heterocycles. The third-order valence-electron chi connectivity index (χ3n) is 6.32. The number of aryl methyl sites for hydroxylation is 2. The molecule has 1 aliphatic rings. The van der Waals surface area contributed by atoms with Crippen LogP contribution >= 0.6 is 0 Å². The van der Waals surface area contributed by atoms with E-state index in [1.165, 1.54) is 41.9 Å². The van der Waals surface area contributed by atoms with Crippen LogP contribution in [0.2, 0.25) is 0 Å². The highest BCUT2D eigenvalue weighted by Crippen LogP contribution is 2.31. The molecule has 0 atom stereocenters. The van der Waals surface area contributed by atoms with Crippen LogP contribution in [-0.4, -0.2) is 19.5 Å². The molecule has 3 N–H and O–H groups in total. The fourth-order valence-electron chi connectivity index (χ4n) is 4.22. The molecule has 8 heteroatoms. The first-order valence-corrected chi connectivity index (χ1v) is 11.2. The molecule has 1 aliphatic carbocycles. The molecule has 0 amide bonds. The first-order chi connectivity index (χ1) is 16.0. The van der Waals surface area contributed by atoms with Crippen molar-refractivity contribution in [2.24, 2.45) is 5.92 Å². The molecular weight excluding hydrogens is 421 g/mol. The lowest BCUT2D eigenvalue weighted by atomic mass is 9.81. The van der Waals surface area contributed by atoms with E-state index >= 15 is 0 Å². The van der Waals surface area contributed by atoms with Gasteiger partial charge in [-0.3, -0.25) is 4.57 Å². The summed E-state index contributed by atoms with van der Waals surface area (Å²) in [5.74, 6) is 1.76. The number of benzene rings is 2. The zero-order chi connectivity index (χ0) is 22.9. The minimum absolute atomic E-state index is 0.134. The third-order valence-corrected chi connectivity index (χ3v) is 6.32. The number of ether oxygens (including phenoxy) is 1. The average molecular weight is 448 g/mol. The summed E-state index contributed by atoms with van der Waals surface area (Å²) in [5, 5.41) is 0. The maximum Gasteiger partial charge on any atom is 0.328 e. The van der Waals surface area contributed by atoms with Gasteiger partial charge in [-0.2, -0.15) is 0 Å². The van der Waals surface area contributed by atoms with Gasteiger partial charge in [-0.15, -0.1) is 0 Å². The van der Waals surface area contributed by atoms with Gasteiger partial charge in [0.1, 0.15) is 17.1 Å². The molecule has 0 unspecified atom stereocenters. The van der Waals surface area contributed by atoms with Gasteiger partial charge in [0.2, 0.25) is 0 Å². The quantitative estimate of drug-likeness (QED) is 0.427. The Morgan fingerprint density at radius 1 is 1.15 bits per heavy atom. The van der Waals surface area contributed by atoms with Crippen LogP contribution in [0.4, 0.5) is 10.2 Å². The fraction of sp³-hybridized carbons (Fsp3) is 0.320. The Labute approximate surface area is 190 Å². The normalized spacial score (nSPS) is 13.9. The predicted octanol–water partition coefficient (Wildman–Crippen LogP) is 4.72. The predicted molar refractivity (Wildman–Crippen MR) is 125 cm³/mol. The second-order valence-corrected chi connectivity index (χ2v) is 8.72. The summed E-state index contributed by atoms with van der Waals surface area (Å²) >= 11 is 0. The van der Waals surface area contributed by atoms with E-state index in [-0.39, 0.29) is 23.8 Å². The molecule has 2 aromatic carbocycles. The molecule has 0 radical (unpaired) electrons. The van der Waals surface area contributed by atoms with E-state index < -0.39 is 5.82 Å². The van der Waals surface area contributed by atoms with Crippen molar-refractivity contribution in [2.45, 2.75) is 45.6 Å². The number of hydrogen-bond acceptors (Lipinski definition) is 5. The number of nitrogen functional groups attached to an aromatic ring is 1. The zero-order valence-electron chi connectivity index (χ0n) is 18.5. The van der Waals surface area contributed by atoms with Gasteiger partial charge in [-0.05, 0) is 61.1 Å². The lowest BCUT2D eigenvalue weighted by Gasteiger charge is -2.25. The second-order valence-electron chi connectivity index (χ2n) is 8.72. The molecular formula is C25H26FN5O2. The Hall–Kier alpha value is -3.68. The zero-order valence-corrected chi connectivity index (χ0v) is 18.5. The molecule has 33 heavy (non-hydrogen) atoms. The van der Waals surface area contributed by atoms with Crippen LogP contribution in [0.15, 0.2) is 47.3 Å². The van der Waals surface area contributed by atoms with Crippen molar-refractivity contribution >= 4 is 17.0 Å². The van der Waals surface area contributed by atoms with Crippen LogP contribution in [-0.2, 0) is 13.0 Å². The van der Waals surface area contributed by atoms with Crippen LogP contribution in [0.25, 0.3) is 11.2 Å². The van der Waals surface area contributed by atoms with Crippen molar-refractivity contribution in [3.05, 3.63) is 75.7 Å². The molecule has 4 aromatic rings. The standard InChI is InChI=1S/C25H26FN5O2/c1-15-28-23(27)22-24(29-15)31(25(32)30-22)14-18-9-12-21(20(26)13-18)33-19-10-7-17(8-11-19)6-5-16-3-2-4-16/h7-13,16H,2-6,14H2,1H3,(H,30,32)(H2,27,28,29). The van der Waals surface area contributed by atoms with Crippen LogP contribution in [0, 0.1) is 18.7 Å². The Morgan fingerprint density at radius 2 is 1.91 bits per heavy atom. The summed E-state index contributed by atoms with van der Waals surface area (Å²) in [4.78, 5) is 23.4. The lowest BCUT2D eigenvalue weighted by Crippen LogP contribution is -2.18. The van der Waals surface area contributed by atoms with E-state index in [0.717, 1.165) is 12.3 Å². The number of rotatable bonds is 7. The van der Waals surface area contributed by atoms with Crippen LogP contribution in [0.3, 0.4) is 0 Å². The Kier molecular flexibility index (Phi) is 5.58. The number of imidazole rings is 1. The monoisotopic (exact) mass is 447 g/mol. The third kappa shape index (κ3) is 4.46. The summed E-state index contributed by atoms with van der Waals surface area (Å²) in [6.07, 6.45) is 6.37. The van der Waals surface area contributed by atoms with Gasteiger partial charge >= 0.3 is 5.69 Å². The van der Waals surface area contributed by atoms with E-state index in [1.54, 1.807) is 19.1 Å². The number of aromatic amines is 1. The highest BCUT2D eigenvalue weighted by molar-refractivity contribution is 5.81. The van der Waals surface area contributed by atoms with E-state index in [0.29, 0.717) is 28.3 Å². The Morgan fingerprint density at radius 3 is 2.61 bits per heavy atom. The maximum absolute atomic E-state index is 14.8. The van der Waals surface area contributed by atoms with Crippen molar-refractivity contribution in [1.29, 1.82) is 0 Å². The first kappa shape index (κ1) is 21.2. The lowest BCUT2D eigenvalue weighted by molar-refractivity contribution is 0.296. The van der Waals surface area contributed by atoms with Crippen LogP contribution in [0.5, 0.6) is 11.5 Å². The molecule has 0 bridgehead atoms. The number of fused-ring (bicyclic) bond motifs is 1. The number of nitrogens with two attached hydrogens (primary N) is 1. The van der Waals surface area contributed by atoms with Crippen LogP contribution < -0.4 is 16.2 Å². The molecule has 0 saturated heterocycles. The number of aromatic nitrogens is 4. The van der Waals surface area contributed by atoms with Gasteiger partial charge in [-0.25, -0.2) is 19.2 Å². The molecule has 2 aromatic heterocycles. The highest BCUT2D eigenvalue weighted by Gasteiger charge is 2.17. The van der Waals surface area contributed by atoms with E-state index in [4.69, 9.17) is 10.5 Å². The number of hydrogen-bond donors (Lipinski definition) is 2. The van der Waals surface area contributed by atoms with E-state index in [2.05, 4.69) is 15.0 Å². The number of H-pyrrole nitrogens is 1. The number of nitrogens with zero attached hydrogens (tertiary/aromatic N) is 3. The molecule has 1 fully saturated rings. The van der Waals surface area contributed by atoms with Crippen molar-refractivity contribution < 1.29 is 9.13 Å². The Bertz CT molecular complexity index is 1360. The smallest absolute Gasteiger partial charge is 0.328 e. The molecule has 7 nitrogen and oxygen atoms in total. The summed E-state index contributed by atoms with van der Waals surface area (Å²) < 4.78 is 21.9. The topological polar surface area (TPSA) is 98.8 Å². The fourth-order valence-corrected chi connectivity index (χ4v) is 4.22. The van der Waals surface area contributed by atoms with Crippen molar-refractivity contribution in [3.63, 3.8) is 0 Å². The molecule has 170 valence electrons. The van der Waals surface area contributed by atoms with Crippen molar-refractivity contribution in [2.75, 3.05) is 5.73 Å². The van der Waals surface area contributed by atoms with Crippen molar-refractivity contribution in [1.82, 2.24) is 19.5 Å². The molecule has 0 spiro atoms.